The van der Waals surface area contributed by atoms with Gasteiger partial charge in [-0.25, -0.2) is 15.0 Å². The second-order valence-electron chi connectivity index (χ2n) is 6.49. The van der Waals surface area contributed by atoms with Gasteiger partial charge in [-0.2, -0.15) is 11.8 Å². The van der Waals surface area contributed by atoms with Crippen LogP contribution in [0.1, 0.15) is 25.5 Å². The molecule has 0 saturated carbocycles. The van der Waals surface area contributed by atoms with Gasteiger partial charge in [0.15, 0.2) is 24.0 Å². The van der Waals surface area contributed by atoms with Gasteiger partial charge in [0, 0.05) is 12.4 Å². The van der Waals surface area contributed by atoms with Crippen LogP contribution in [-0.2, 0) is 14.2 Å². The number of ether oxygens (including phenoxy) is 3. The Balaban J connectivity index is 1.59. The molecule has 2 saturated heterocycles. The number of aliphatic hydroxyl groups excluding tert-OH is 1. The Labute approximate surface area is 155 Å². The monoisotopic (exact) mass is 381 g/mol. The van der Waals surface area contributed by atoms with Crippen LogP contribution in [-0.4, -0.2) is 67.8 Å². The van der Waals surface area contributed by atoms with Crippen molar-refractivity contribution in [3.63, 3.8) is 0 Å². The first-order valence-corrected chi connectivity index (χ1v) is 10.1. The summed E-state index contributed by atoms with van der Waals surface area (Å²) in [6.07, 6.45) is 5.32. The van der Waals surface area contributed by atoms with Gasteiger partial charge in [0.05, 0.1) is 12.4 Å². The summed E-state index contributed by atoms with van der Waals surface area (Å²) in [7, 11) is 0. The number of thioether (sulfide) groups is 1. The number of nitrogens with zero attached hydrogens (tertiary/aromatic N) is 4. The third-order valence-corrected chi connectivity index (χ3v) is 5.41. The number of hydrogen-bond acceptors (Lipinski definition) is 9. The number of hydrogen-bond donors (Lipinski definition) is 2. The summed E-state index contributed by atoms with van der Waals surface area (Å²) in [5.74, 6) is 1.000. The first-order valence-electron chi connectivity index (χ1n) is 8.71. The zero-order valence-electron chi connectivity index (χ0n) is 14.5. The first kappa shape index (κ1) is 17.9. The van der Waals surface area contributed by atoms with Gasteiger partial charge in [0.1, 0.15) is 24.1 Å². The number of fused-ring (bicyclic) bond motifs is 1. The Kier molecular flexibility index (Phi) is 5.28. The summed E-state index contributed by atoms with van der Waals surface area (Å²) in [6, 6.07) is 0. The van der Waals surface area contributed by atoms with Crippen LogP contribution in [0.5, 0.6) is 0 Å². The molecule has 3 N–H and O–H groups in total. The highest BCUT2D eigenvalue weighted by Gasteiger charge is 2.47. The molecular formula is C16H23N5O4S. The number of nitrogen functional groups attached to an aromatic ring is 1. The molecule has 0 bridgehead atoms. The first-order chi connectivity index (χ1) is 12.7. The second-order valence-corrected chi connectivity index (χ2v) is 7.40. The van der Waals surface area contributed by atoms with E-state index in [0.29, 0.717) is 29.3 Å². The molecule has 2 aliphatic heterocycles. The normalized spacial score (nSPS) is 32.3. The molecule has 26 heavy (non-hydrogen) atoms. The fourth-order valence-electron chi connectivity index (χ4n) is 3.47. The van der Waals surface area contributed by atoms with Crippen LogP contribution in [0.15, 0.2) is 12.7 Å². The van der Waals surface area contributed by atoms with Crippen LogP contribution in [0.3, 0.4) is 0 Å². The summed E-state index contributed by atoms with van der Waals surface area (Å²) in [5, 5.41) is 10.9. The molecule has 0 aromatic carbocycles. The van der Waals surface area contributed by atoms with Crippen molar-refractivity contribution in [2.45, 2.75) is 50.1 Å². The Morgan fingerprint density at radius 2 is 2.27 bits per heavy atom. The second kappa shape index (κ2) is 7.65. The predicted molar refractivity (Wildman–Crippen MR) is 96.5 cm³/mol. The maximum Gasteiger partial charge on any atom is 0.167 e. The third-order valence-electron chi connectivity index (χ3n) is 4.75. The molecule has 2 aromatic heterocycles. The Hall–Kier alpha value is -1.46. The van der Waals surface area contributed by atoms with E-state index < -0.39 is 18.4 Å². The van der Waals surface area contributed by atoms with E-state index in [1.54, 1.807) is 22.7 Å². The van der Waals surface area contributed by atoms with Crippen molar-refractivity contribution in [2.75, 3.05) is 24.3 Å². The van der Waals surface area contributed by atoms with Crippen LogP contribution in [0.25, 0.3) is 11.2 Å². The lowest BCUT2D eigenvalue weighted by Gasteiger charge is -2.29. The molecule has 2 aliphatic rings. The van der Waals surface area contributed by atoms with Gasteiger partial charge in [-0.1, -0.05) is 0 Å². The molecular weight excluding hydrogens is 358 g/mol. The Morgan fingerprint density at radius 3 is 3.04 bits per heavy atom. The summed E-state index contributed by atoms with van der Waals surface area (Å²) in [4.78, 5) is 12.4. The average Bonchev–Trinajstić information content (AvgIpc) is 3.20. The maximum atomic E-state index is 10.9. The number of imidazole rings is 1. The van der Waals surface area contributed by atoms with Crippen molar-refractivity contribution in [3.8, 4) is 0 Å². The number of aliphatic hydroxyl groups is 1. The van der Waals surface area contributed by atoms with Crippen molar-refractivity contribution < 1.29 is 19.3 Å². The van der Waals surface area contributed by atoms with E-state index in [-0.39, 0.29) is 12.4 Å². The van der Waals surface area contributed by atoms with E-state index in [9.17, 15) is 5.11 Å². The molecule has 0 spiro atoms. The zero-order chi connectivity index (χ0) is 18.1. The SMILES string of the molecule is CSC[C@H]1O[C@@H](n2cnc3c(N)ncnc32)[C@@H](O)[C@@H]1OC1CCCCO1. The molecule has 9 nitrogen and oxygen atoms in total. The van der Waals surface area contributed by atoms with Gasteiger partial charge >= 0.3 is 0 Å². The van der Waals surface area contributed by atoms with Crippen LogP contribution < -0.4 is 5.73 Å². The smallest absolute Gasteiger partial charge is 0.167 e. The highest BCUT2D eigenvalue weighted by Crippen LogP contribution is 2.36. The fraction of sp³-hybridized carbons (Fsp3) is 0.688. The molecule has 0 amide bonds. The van der Waals surface area contributed by atoms with Gasteiger partial charge in [-0.3, -0.25) is 4.57 Å². The van der Waals surface area contributed by atoms with Crippen LogP contribution in [0.2, 0.25) is 0 Å². The van der Waals surface area contributed by atoms with E-state index in [2.05, 4.69) is 15.0 Å². The molecule has 0 aliphatic carbocycles. The standard InChI is InChI=1S/C16H23N5O4S/c1-26-6-9-13(25-10-4-2-3-5-23-10)12(22)16(24-9)21-8-20-11-14(17)18-7-19-15(11)21/h7-10,12-13,16,22H,2-6H2,1H3,(H2,17,18,19)/t9-,10?,12+,13-,16-/m1/s1. The minimum atomic E-state index is -0.869. The van der Waals surface area contributed by atoms with Crippen LogP contribution in [0, 0.1) is 0 Å². The molecule has 10 heteroatoms. The van der Waals surface area contributed by atoms with Crippen molar-refractivity contribution in [1.29, 1.82) is 0 Å². The van der Waals surface area contributed by atoms with E-state index in [1.807, 2.05) is 6.26 Å². The summed E-state index contributed by atoms with van der Waals surface area (Å²) in [6.45, 7) is 0.688. The molecule has 4 rings (SSSR count). The molecule has 142 valence electrons. The topological polar surface area (TPSA) is 118 Å². The molecule has 1 unspecified atom stereocenters. The number of aromatic nitrogens is 4. The average molecular weight is 381 g/mol. The van der Waals surface area contributed by atoms with Crippen LogP contribution in [0.4, 0.5) is 5.82 Å². The summed E-state index contributed by atoms with van der Waals surface area (Å²) < 4.78 is 19.6. The minimum absolute atomic E-state index is 0.257. The maximum absolute atomic E-state index is 10.9. The predicted octanol–water partition coefficient (Wildman–Crippen LogP) is 0.942. The van der Waals surface area contributed by atoms with Gasteiger partial charge in [0.2, 0.25) is 0 Å². The number of nitrogens with two attached hydrogens (primary N) is 1. The lowest BCUT2D eigenvalue weighted by molar-refractivity contribution is -0.206. The van der Waals surface area contributed by atoms with E-state index in [1.165, 1.54) is 6.33 Å². The van der Waals surface area contributed by atoms with Gasteiger partial charge in [0.25, 0.3) is 0 Å². The van der Waals surface area contributed by atoms with Crippen molar-refractivity contribution >= 4 is 28.7 Å². The van der Waals surface area contributed by atoms with Crippen molar-refractivity contribution in [3.05, 3.63) is 12.7 Å². The highest BCUT2D eigenvalue weighted by molar-refractivity contribution is 7.98. The molecule has 4 heterocycles. The van der Waals surface area contributed by atoms with E-state index >= 15 is 0 Å². The van der Waals surface area contributed by atoms with Gasteiger partial charge < -0.3 is 25.1 Å². The molecule has 2 fully saturated rings. The quantitative estimate of drug-likeness (QED) is 0.780. The zero-order valence-corrected chi connectivity index (χ0v) is 15.3. The highest BCUT2D eigenvalue weighted by atomic mass is 32.2. The Morgan fingerprint density at radius 1 is 1.38 bits per heavy atom. The lowest BCUT2D eigenvalue weighted by atomic mass is 10.1. The Bertz CT molecular complexity index is 753. The summed E-state index contributed by atoms with van der Waals surface area (Å²) in [5.41, 5.74) is 6.87. The molecule has 2 aromatic rings. The fourth-order valence-corrected chi connectivity index (χ4v) is 4.06. The van der Waals surface area contributed by atoms with E-state index in [4.69, 9.17) is 19.9 Å². The number of anilines is 1. The van der Waals surface area contributed by atoms with Gasteiger partial charge in [-0.15, -0.1) is 0 Å². The van der Waals surface area contributed by atoms with Gasteiger partial charge in [-0.05, 0) is 25.5 Å². The number of rotatable bonds is 5. The third kappa shape index (κ3) is 3.27. The molecule has 0 radical (unpaired) electrons. The van der Waals surface area contributed by atoms with Crippen molar-refractivity contribution in [2.24, 2.45) is 0 Å². The molecule has 5 atom stereocenters. The van der Waals surface area contributed by atoms with Crippen LogP contribution >= 0.6 is 11.8 Å². The van der Waals surface area contributed by atoms with E-state index in [0.717, 1.165) is 19.3 Å². The lowest BCUT2D eigenvalue weighted by Crippen LogP contribution is -2.40. The van der Waals surface area contributed by atoms with Crippen molar-refractivity contribution in [1.82, 2.24) is 19.5 Å². The largest absolute Gasteiger partial charge is 0.386 e. The summed E-state index contributed by atoms with van der Waals surface area (Å²) >= 11 is 1.64. The minimum Gasteiger partial charge on any atom is -0.386 e.